The van der Waals surface area contributed by atoms with Gasteiger partial charge in [0, 0.05) is 16.1 Å². The highest BCUT2D eigenvalue weighted by Gasteiger charge is 2.09. The third-order valence-electron chi connectivity index (χ3n) is 3.36. The van der Waals surface area contributed by atoms with Gasteiger partial charge in [0.15, 0.2) is 0 Å². The highest BCUT2D eigenvalue weighted by Crippen LogP contribution is 2.25. The molecule has 1 atom stereocenters. The van der Waals surface area contributed by atoms with Gasteiger partial charge in [0.05, 0.1) is 0 Å². The van der Waals surface area contributed by atoms with Crippen LogP contribution >= 0.6 is 23.2 Å². The molecule has 0 aliphatic heterocycles. The zero-order chi connectivity index (χ0) is 14.4. The van der Waals surface area contributed by atoms with E-state index in [1.54, 1.807) is 6.07 Å². The third-order valence-corrected chi connectivity index (χ3v) is 3.93. The molecule has 3 heteroatoms. The van der Waals surface area contributed by atoms with Crippen LogP contribution in [0.3, 0.4) is 0 Å². The summed E-state index contributed by atoms with van der Waals surface area (Å²) in [6.45, 7) is 3.09. The van der Waals surface area contributed by atoms with Crippen LogP contribution in [-0.4, -0.2) is 6.54 Å². The van der Waals surface area contributed by atoms with Crippen molar-refractivity contribution in [3.63, 3.8) is 0 Å². The minimum atomic E-state index is 0.232. The van der Waals surface area contributed by atoms with E-state index < -0.39 is 0 Å². The van der Waals surface area contributed by atoms with Gasteiger partial charge in [0.25, 0.3) is 0 Å². The Hall–Kier alpha value is -1.02. The van der Waals surface area contributed by atoms with Crippen LogP contribution in [-0.2, 0) is 6.42 Å². The van der Waals surface area contributed by atoms with E-state index in [2.05, 4.69) is 36.5 Å². The molecule has 2 aromatic rings. The normalized spacial score (nSPS) is 12.3. The number of rotatable bonds is 6. The lowest BCUT2D eigenvalue weighted by Gasteiger charge is -2.16. The predicted molar refractivity (Wildman–Crippen MR) is 87.6 cm³/mol. The Bertz CT molecular complexity index is 540. The second-order valence-electron chi connectivity index (χ2n) is 4.93. The standard InChI is InChI=1S/C17H19Cl2N/c1-13(16-10-9-15(18)12-17(16)19)20-11-5-8-14-6-3-2-4-7-14/h2-4,6-7,9-10,12-13,20H,5,8,11H2,1H3. The smallest absolute Gasteiger partial charge is 0.0468 e. The summed E-state index contributed by atoms with van der Waals surface area (Å²) in [5.74, 6) is 0. The number of hydrogen-bond donors (Lipinski definition) is 1. The maximum atomic E-state index is 6.21. The second kappa shape index (κ2) is 7.68. The Kier molecular flexibility index (Phi) is 5.90. The number of benzene rings is 2. The van der Waals surface area contributed by atoms with Crippen LogP contribution in [0.1, 0.15) is 30.5 Å². The van der Waals surface area contributed by atoms with E-state index >= 15 is 0 Å². The molecule has 0 aliphatic carbocycles. The molecule has 0 spiro atoms. The van der Waals surface area contributed by atoms with Crippen LogP contribution in [0.25, 0.3) is 0 Å². The number of hydrogen-bond acceptors (Lipinski definition) is 1. The molecule has 0 aliphatic rings. The molecule has 0 saturated carbocycles. The zero-order valence-corrected chi connectivity index (χ0v) is 13.1. The molecule has 0 bridgehead atoms. The van der Waals surface area contributed by atoms with Gasteiger partial charge in [-0.05, 0) is 49.6 Å². The van der Waals surface area contributed by atoms with Crippen molar-refractivity contribution >= 4 is 23.2 Å². The average molecular weight is 308 g/mol. The van der Waals surface area contributed by atoms with E-state index in [9.17, 15) is 0 Å². The fourth-order valence-electron chi connectivity index (χ4n) is 2.22. The third kappa shape index (κ3) is 4.52. The topological polar surface area (TPSA) is 12.0 Å². The van der Waals surface area contributed by atoms with Crippen molar-refractivity contribution < 1.29 is 0 Å². The van der Waals surface area contributed by atoms with Gasteiger partial charge in [-0.25, -0.2) is 0 Å². The van der Waals surface area contributed by atoms with Gasteiger partial charge in [-0.15, -0.1) is 0 Å². The molecule has 0 heterocycles. The number of nitrogens with one attached hydrogen (secondary N) is 1. The first-order valence-electron chi connectivity index (χ1n) is 6.89. The first kappa shape index (κ1) is 15.4. The molecule has 1 N–H and O–H groups in total. The van der Waals surface area contributed by atoms with Crippen LogP contribution in [0.4, 0.5) is 0 Å². The fourth-order valence-corrected chi connectivity index (χ4v) is 2.79. The molecule has 20 heavy (non-hydrogen) atoms. The summed E-state index contributed by atoms with van der Waals surface area (Å²) >= 11 is 12.1. The molecule has 0 radical (unpaired) electrons. The van der Waals surface area contributed by atoms with E-state index in [4.69, 9.17) is 23.2 Å². The fraction of sp³-hybridized carbons (Fsp3) is 0.294. The van der Waals surface area contributed by atoms with Gasteiger partial charge < -0.3 is 5.32 Å². The summed E-state index contributed by atoms with van der Waals surface area (Å²) < 4.78 is 0. The minimum absolute atomic E-state index is 0.232. The van der Waals surface area contributed by atoms with Gasteiger partial charge in [-0.3, -0.25) is 0 Å². The minimum Gasteiger partial charge on any atom is -0.310 e. The summed E-state index contributed by atoms with van der Waals surface area (Å²) in [7, 11) is 0. The van der Waals surface area contributed by atoms with Crippen molar-refractivity contribution in [3.8, 4) is 0 Å². The summed E-state index contributed by atoms with van der Waals surface area (Å²) in [4.78, 5) is 0. The second-order valence-corrected chi connectivity index (χ2v) is 5.77. The monoisotopic (exact) mass is 307 g/mol. The predicted octanol–water partition coefficient (Wildman–Crippen LogP) is 5.28. The molecule has 1 nitrogen and oxygen atoms in total. The van der Waals surface area contributed by atoms with E-state index in [0.29, 0.717) is 5.02 Å². The quantitative estimate of drug-likeness (QED) is 0.716. The van der Waals surface area contributed by atoms with Gasteiger partial charge in [0.1, 0.15) is 0 Å². The van der Waals surface area contributed by atoms with E-state index in [1.165, 1.54) is 5.56 Å². The summed E-state index contributed by atoms with van der Waals surface area (Å²) in [5, 5.41) is 4.90. The first-order chi connectivity index (χ1) is 9.66. The van der Waals surface area contributed by atoms with Crippen LogP contribution in [0.2, 0.25) is 10.0 Å². The Morgan fingerprint density at radius 2 is 1.80 bits per heavy atom. The lowest BCUT2D eigenvalue weighted by molar-refractivity contribution is 0.558. The summed E-state index contributed by atoms with van der Waals surface area (Å²) in [6, 6.07) is 16.4. The molecule has 1 unspecified atom stereocenters. The number of aryl methyl sites for hydroxylation is 1. The molecule has 0 saturated heterocycles. The van der Waals surface area contributed by atoms with Crippen molar-refractivity contribution in [2.75, 3.05) is 6.54 Å². The Labute approximate surface area is 130 Å². The molecule has 2 aromatic carbocycles. The zero-order valence-electron chi connectivity index (χ0n) is 11.6. The van der Waals surface area contributed by atoms with E-state index in [-0.39, 0.29) is 6.04 Å². The molecular weight excluding hydrogens is 289 g/mol. The lowest BCUT2D eigenvalue weighted by Crippen LogP contribution is -2.20. The summed E-state index contributed by atoms with van der Waals surface area (Å²) in [5.41, 5.74) is 2.47. The van der Waals surface area contributed by atoms with Crippen molar-refractivity contribution in [1.82, 2.24) is 5.32 Å². The molecule has 0 amide bonds. The van der Waals surface area contributed by atoms with Crippen molar-refractivity contribution in [2.45, 2.75) is 25.8 Å². The largest absolute Gasteiger partial charge is 0.310 e. The molecule has 2 rings (SSSR count). The van der Waals surface area contributed by atoms with E-state index in [0.717, 1.165) is 30.0 Å². The molecule has 106 valence electrons. The highest BCUT2D eigenvalue weighted by molar-refractivity contribution is 6.35. The van der Waals surface area contributed by atoms with Crippen LogP contribution in [0.15, 0.2) is 48.5 Å². The molecule has 0 fully saturated rings. The summed E-state index contributed by atoms with van der Waals surface area (Å²) in [6.07, 6.45) is 2.20. The van der Waals surface area contributed by atoms with Gasteiger partial charge in [-0.1, -0.05) is 59.6 Å². The van der Waals surface area contributed by atoms with Crippen LogP contribution in [0.5, 0.6) is 0 Å². The Morgan fingerprint density at radius 3 is 2.50 bits per heavy atom. The van der Waals surface area contributed by atoms with Gasteiger partial charge in [-0.2, -0.15) is 0 Å². The SMILES string of the molecule is CC(NCCCc1ccccc1)c1ccc(Cl)cc1Cl. The maximum absolute atomic E-state index is 6.21. The maximum Gasteiger partial charge on any atom is 0.0468 e. The number of halogens is 2. The highest BCUT2D eigenvalue weighted by atomic mass is 35.5. The van der Waals surface area contributed by atoms with Crippen LogP contribution < -0.4 is 5.32 Å². The molecule has 0 aromatic heterocycles. The van der Waals surface area contributed by atoms with Crippen molar-refractivity contribution in [2.24, 2.45) is 0 Å². The van der Waals surface area contributed by atoms with Gasteiger partial charge >= 0.3 is 0 Å². The van der Waals surface area contributed by atoms with Crippen molar-refractivity contribution in [3.05, 3.63) is 69.7 Å². The Morgan fingerprint density at radius 1 is 1.05 bits per heavy atom. The van der Waals surface area contributed by atoms with Gasteiger partial charge in [0.2, 0.25) is 0 Å². The Balaban J connectivity index is 1.79. The first-order valence-corrected chi connectivity index (χ1v) is 7.64. The lowest BCUT2D eigenvalue weighted by atomic mass is 10.1. The van der Waals surface area contributed by atoms with Crippen molar-refractivity contribution in [1.29, 1.82) is 0 Å². The molecular formula is C17H19Cl2N. The average Bonchev–Trinajstić information content (AvgIpc) is 2.44. The van der Waals surface area contributed by atoms with E-state index in [1.807, 2.05) is 18.2 Å². The van der Waals surface area contributed by atoms with Crippen LogP contribution in [0, 0.1) is 0 Å².